The van der Waals surface area contributed by atoms with Crippen molar-refractivity contribution in [1.29, 1.82) is 0 Å². The molecule has 1 aromatic heterocycles. The third-order valence-corrected chi connectivity index (χ3v) is 2.22. The van der Waals surface area contributed by atoms with Gasteiger partial charge in [-0.3, -0.25) is 10.2 Å². The summed E-state index contributed by atoms with van der Waals surface area (Å²) in [5, 5.41) is 4.08. The van der Waals surface area contributed by atoms with Crippen LogP contribution in [0, 0.1) is 0 Å². The highest BCUT2D eigenvalue weighted by atomic mass is 32.1. The number of carbonyl (C=O) groups is 1. The normalized spacial score (nSPS) is 8.60. The Labute approximate surface area is 92.5 Å². The monoisotopic (exact) mass is 220 g/mol. The van der Waals surface area contributed by atoms with Gasteiger partial charge in [0.05, 0.1) is 0 Å². The summed E-state index contributed by atoms with van der Waals surface area (Å²) in [7, 11) is 0. The van der Waals surface area contributed by atoms with Crippen LogP contribution in [-0.4, -0.2) is 5.91 Å². The summed E-state index contributed by atoms with van der Waals surface area (Å²) >= 11 is 1.71. The smallest absolute Gasteiger partial charge is 0.265 e. The van der Waals surface area contributed by atoms with E-state index in [1.165, 1.54) is 0 Å². The fourth-order valence-electron chi connectivity index (χ4n) is 0.900. The average molecular weight is 220 g/mol. The molecule has 3 nitrogen and oxygen atoms in total. The quantitative estimate of drug-likeness (QED) is 0.439. The summed E-state index contributed by atoms with van der Waals surface area (Å²) in [6.07, 6.45) is 0. The van der Waals surface area contributed by atoms with Gasteiger partial charge in [0.1, 0.15) is 0 Å². The molecule has 0 atom stereocenters. The van der Waals surface area contributed by atoms with Crippen molar-refractivity contribution < 1.29 is 4.79 Å². The first-order valence-corrected chi connectivity index (χ1v) is 5.32. The fraction of sp³-hybridized carbons (Fsp3) is 0. The van der Waals surface area contributed by atoms with Gasteiger partial charge >= 0.3 is 0 Å². The molecule has 0 saturated heterocycles. The number of thiophene rings is 1. The van der Waals surface area contributed by atoms with Crippen LogP contribution in [0.5, 0.6) is 0 Å². The Bertz CT molecular complexity index is 356. The van der Waals surface area contributed by atoms with Gasteiger partial charge in [0.25, 0.3) is 5.91 Å². The summed E-state index contributed by atoms with van der Waals surface area (Å²) in [5.41, 5.74) is 2.62. The van der Waals surface area contributed by atoms with Crippen molar-refractivity contribution in [3.8, 4) is 0 Å². The molecule has 2 rings (SSSR count). The lowest BCUT2D eigenvalue weighted by atomic mass is 10.2. The van der Waals surface area contributed by atoms with Crippen molar-refractivity contribution in [2.24, 2.45) is 5.84 Å². The van der Waals surface area contributed by atoms with Crippen LogP contribution in [0.15, 0.2) is 53.2 Å². The van der Waals surface area contributed by atoms with E-state index in [4.69, 9.17) is 5.84 Å². The van der Waals surface area contributed by atoms with Crippen LogP contribution in [0.4, 0.5) is 0 Å². The van der Waals surface area contributed by atoms with Crippen molar-refractivity contribution in [3.05, 3.63) is 58.8 Å². The Hall–Kier alpha value is -1.65. The highest BCUT2D eigenvalue weighted by molar-refractivity contribution is 7.07. The second-order valence-corrected chi connectivity index (χ2v) is 3.45. The zero-order valence-corrected chi connectivity index (χ0v) is 8.91. The van der Waals surface area contributed by atoms with Gasteiger partial charge in [-0.05, 0) is 22.9 Å². The first kappa shape index (κ1) is 11.4. The maximum absolute atomic E-state index is 10.8. The number of nitrogens with two attached hydrogens (primary N) is 1. The second-order valence-electron chi connectivity index (χ2n) is 2.63. The lowest BCUT2D eigenvalue weighted by Crippen LogP contribution is -2.29. The number of hydrogen-bond donors (Lipinski definition) is 2. The molecular formula is C11H12N2OS. The molecular weight excluding hydrogens is 208 g/mol. The van der Waals surface area contributed by atoms with Gasteiger partial charge in [-0.2, -0.15) is 11.3 Å². The molecule has 0 aliphatic rings. The van der Waals surface area contributed by atoms with Crippen LogP contribution in [0.25, 0.3) is 0 Å². The molecule has 0 fully saturated rings. The van der Waals surface area contributed by atoms with Crippen LogP contribution in [-0.2, 0) is 0 Å². The molecule has 1 aromatic carbocycles. The molecule has 0 spiro atoms. The Morgan fingerprint density at radius 2 is 1.67 bits per heavy atom. The van der Waals surface area contributed by atoms with E-state index in [2.05, 4.69) is 0 Å². The minimum atomic E-state index is -0.263. The van der Waals surface area contributed by atoms with Crippen LogP contribution < -0.4 is 11.3 Å². The molecule has 1 amide bonds. The van der Waals surface area contributed by atoms with Gasteiger partial charge in [-0.15, -0.1) is 0 Å². The molecule has 4 heteroatoms. The molecule has 0 aliphatic carbocycles. The highest BCUT2D eigenvalue weighted by Crippen LogP contribution is 1.95. The van der Waals surface area contributed by atoms with E-state index in [0.29, 0.717) is 5.56 Å². The summed E-state index contributed by atoms with van der Waals surface area (Å²) in [6.45, 7) is 0. The number of hydrogen-bond acceptors (Lipinski definition) is 3. The first-order valence-electron chi connectivity index (χ1n) is 4.37. The summed E-state index contributed by atoms with van der Waals surface area (Å²) in [6, 6.07) is 12.8. The largest absolute Gasteiger partial charge is 0.290 e. The predicted molar refractivity (Wildman–Crippen MR) is 62.4 cm³/mol. The summed E-state index contributed by atoms with van der Waals surface area (Å²) in [5.74, 6) is 4.64. The van der Waals surface area contributed by atoms with E-state index in [1.807, 2.05) is 34.4 Å². The third-order valence-electron chi connectivity index (χ3n) is 1.59. The van der Waals surface area contributed by atoms with Crippen LogP contribution >= 0.6 is 11.3 Å². The maximum atomic E-state index is 10.8. The SMILES string of the molecule is NNC(=O)c1ccccc1.c1ccsc1. The minimum absolute atomic E-state index is 0.263. The van der Waals surface area contributed by atoms with Gasteiger partial charge in [0, 0.05) is 5.56 Å². The average Bonchev–Trinajstić information content (AvgIpc) is 2.88. The molecule has 0 aliphatic heterocycles. The molecule has 78 valence electrons. The van der Waals surface area contributed by atoms with E-state index >= 15 is 0 Å². The predicted octanol–water partition coefficient (Wildman–Crippen LogP) is 2.04. The molecule has 2 aromatic rings. The Morgan fingerprint density at radius 1 is 1.07 bits per heavy atom. The van der Waals surface area contributed by atoms with Gasteiger partial charge in [0.2, 0.25) is 0 Å². The van der Waals surface area contributed by atoms with E-state index in [9.17, 15) is 4.79 Å². The zero-order chi connectivity index (χ0) is 10.9. The van der Waals surface area contributed by atoms with E-state index < -0.39 is 0 Å². The molecule has 15 heavy (non-hydrogen) atoms. The van der Waals surface area contributed by atoms with Crippen molar-refractivity contribution >= 4 is 17.2 Å². The van der Waals surface area contributed by atoms with Crippen LogP contribution in [0.2, 0.25) is 0 Å². The molecule has 3 N–H and O–H groups in total. The van der Waals surface area contributed by atoms with Crippen LogP contribution in [0.3, 0.4) is 0 Å². The summed E-state index contributed by atoms with van der Waals surface area (Å²) < 4.78 is 0. The number of nitrogens with one attached hydrogen (secondary N) is 1. The third kappa shape index (κ3) is 4.39. The minimum Gasteiger partial charge on any atom is -0.290 e. The number of amides is 1. The Kier molecular flexibility index (Phi) is 5.14. The first-order chi connectivity index (χ1) is 7.34. The number of benzene rings is 1. The number of nitrogen functional groups attached to an aromatic ring is 1. The van der Waals surface area contributed by atoms with E-state index in [1.54, 1.807) is 35.6 Å². The topological polar surface area (TPSA) is 55.1 Å². The zero-order valence-electron chi connectivity index (χ0n) is 8.09. The fourth-order valence-corrected chi connectivity index (χ4v) is 1.35. The van der Waals surface area contributed by atoms with E-state index in [0.717, 1.165) is 0 Å². The van der Waals surface area contributed by atoms with Gasteiger partial charge in [-0.25, -0.2) is 5.84 Å². The Morgan fingerprint density at radius 3 is 2.07 bits per heavy atom. The van der Waals surface area contributed by atoms with Crippen molar-refractivity contribution in [2.75, 3.05) is 0 Å². The number of rotatable bonds is 1. The molecule has 1 heterocycles. The second kappa shape index (κ2) is 6.75. The lowest BCUT2D eigenvalue weighted by molar-refractivity contribution is 0.0953. The van der Waals surface area contributed by atoms with Crippen molar-refractivity contribution in [1.82, 2.24) is 5.43 Å². The highest BCUT2D eigenvalue weighted by Gasteiger charge is 1.98. The lowest BCUT2D eigenvalue weighted by Gasteiger charge is -1.95. The van der Waals surface area contributed by atoms with Gasteiger partial charge < -0.3 is 0 Å². The maximum Gasteiger partial charge on any atom is 0.265 e. The molecule has 0 unspecified atom stereocenters. The number of hydrazine groups is 1. The van der Waals surface area contributed by atoms with Gasteiger partial charge in [-0.1, -0.05) is 30.3 Å². The van der Waals surface area contributed by atoms with Crippen molar-refractivity contribution in [3.63, 3.8) is 0 Å². The molecule has 0 radical (unpaired) electrons. The van der Waals surface area contributed by atoms with Crippen LogP contribution in [0.1, 0.15) is 10.4 Å². The van der Waals surface area contributed by atoms with Gasteiger partial charge in [0.15, 0.2) is 0 Å². The standard InChI is InChI=1S/C7H8N2O.C4H4S/c8-9-7(10)6-4-2-1-3-5-6;1-2-4-5-3-1/h1-5H,8H2,(H,9,10);1-4H. The van der Waals surface area contributed by atoms with Crippen molar-refractivity contribution in [2.45, 2.75) is 0 Å². The van der Waals surface area contributed by atoms with E-state index in [-0.39, 0.29) is 5.91 Å². The molecule has 0 saturated carbocycles. The Balaban J connectivity index is 0.000000187. The number of carbonyl (C=O) groups excluding carboxylic acids is 1. The molecule has 0 bridgehead atoms. The summed E-state index contributed by atoms with van der Waals surface area (Å²) in [4.78, 5) is 10.8.